The van der Waals surface area contributed by atoms with E-state index in [4.69, 9.17) is 4.52 Å². The number of carbonyl (C=O) groups excluding carboxylic acids is 1. The summed E-state index contributed by atoms with van der Waals surface area (Å²) in [6, 6.07) is 3.97. The predicted molar refractivity (Wildman–Crippen MR) is 107 cm³/mol. The third-order valence-electron chi connectivity index (χ3n) is 5.13. The quantitative estimate of drug-likeness (QED) is 0.718. The van der Waals surface area contributed by atoms with Gasteiger partial charge in [0.25, 0.3) is 11.6 Å². The second-order valence-corrected chi connectivity index (χ2v) is 8.71. The first-order valence-corrected chi connectivity index (χ1v) is 10.2. The van der Waals surface area contributed by atoms with Crippen LogP contribution in [-0.4, -0.2) is 35.7 Å². The van der Waals surface area contributed by atoms with Crippen molar-refractivity contribution in [3.8, 4) is 11.3 Å². The minimum Gasteiger partial charge on any atom is -0.352 e. The Hall–Kier alpha value is -2.25. The van der Waals surface area contributed by atoms with E-state index >= 15 is 0 Å². The van der Waals surface area contributed by atoms with Gasteiger partial charge in [0.05, 0.1) is 22.3 Å². The zero-order valence-electron chi connectivity index (χ0n) is 15.9. The second kappa shape index (κ2) is 7.40. The van der Waals surface area contributed by atoms with Crippen LogP contribution in [0.2, 0.25) is 0 Å². The number of hydrogen-bond donors (Lipinski definition) is 2. The number of pyridine rings is 1. The van der Waals surface area contributed by atoms with Crippen LogP contribution in [0, 0.1) is 26.7 Å². The molecule has 27 heavy (non-hydrogen) atoms. The zero-order valence-corrected chi connectivity index (χ0v) is 16.7. The van der Waals surface area contributed by atoms with Gasteiger partial charge >= 0.3 is 0 Å². The standard InChI is InChI=1S/C20H24N4O2S/c1-11-7-15(13(3)27-11)17-8-16(18-12(2)24-26-20(18)23-17)19(25)22-10-14-5-4-6-21-9-14/h7-8,14,21H,4-6,9-10H2,1-3H3,(H,22,25). The van der Waals surface area contributed by atoms with Crippen LogP contribution in [0.3, 0.4) is 0 Å². The smallest absolute Gasteiger partial charge is 0.259 e. The van der Waals surface area contributed by atoms with E-state index in [-0.39, 0.29) is 5.91 Å². The Balaban J connectivity index is 1.68. The molecule has 1 amide bonds. The molecule has 0 bridgehead atoms. The van der Waals surface area contributed by atoms with Gasteiger partial charge in [-0.05, 0) is 64.8 Å². The molecule has 7 heteroatoms. The summed E-state index contributed by atoms with van der Waals surface area (Å²) in [6.45, 7) is 8.68. The predicted octanol–water partition coefficient (Wildman–Crippen LogP) is 3.61. The van der Waals surface area contributed by atoms with E-state index in [1.165, 1.54) is 9.75 Å². The lowest BCUT2D eigenvalue weighted by atomic mass is 9.99. The number of amides is 1. The molecule has 3 aromatic rings. The van der Waals surface area contributed by atoms with Gasteiger partial charge in [-0.3, -0.25) is 4.79 Å². The second-order valence-electron chi connectivity index (χ2n) is 7.25. The summed E-state index contributed by atoms with van der Waals surface area (Å²) in [6.07, 6.45) is 2.30. The number of nitrogens with one attached hydrogen (secondary N) is 2. The van der Waals surface area contributed by atoms with E-state index in [0.717, 1.165) is 37.2 Å². The molecule has 4 rings (SSSR count). The Labute approximate surface area is 162 Å². The van der Waals surface area contributed by atoms with E-state index in [1.54, 1.807) is 11.3 Å². The summed E-state index contributed by atoms with van der Waals surface area (Å²) in [4.78, 5) is 20.0. The van der Waals surface area contributed by atoms with Crippen LogP contribution < -0.4 is 10.6 Å². The molecule has 6 nitrogen and oxygen atoms in total. The molecule has 142 valence electrons. The zero-order chi connectivity index (χ0) is 19.0. The van der Waals surface area contributed by atoms with Gasteiger partial charge in [-0.1, -0.05) is 5.16 Å². The van der Waals surface area contributed by atoms with Crippen molar-refractivity contribution in [1.29, 1.82) is 0 Å². The monoisotopic (exact) mass is 384 g/mol. The Morgan fingerprint density at radius 3 is 2.93 bits per heavy atom. The molecule has 0 spiro atoms. The molecule has 0 saturated carbocycles. The van der Waals surface area contributed by atoms with E-state index in [2.05, 4.69) is 40.7 Å². The van der Waals surface area contributed by atoms with Crippen LogP contribution in [0.5, 0.6) is 0 Å². The molecule has 0 aromatic carbocycles. The number of hydrogen-bond acceptors (Lipinski definition) is 6. The molecule has 3 aromatic heterocycles. The van der Waals surface area contributed by atoms with Crippen LogP contribution in [0.1, 0.15) is 38.6 Å². The molecule has 2 N–H and O–H groups in total. The normalized spacial score (nSPS) is 17.4. The van der Waals surface area contributed by atoms with Crippen LogP contribution >= 0.6 is 11.3 Å². The van der Waals surface area contributed by atoms with Crippen molar-refractivity contribution in [2.24, 2.45) is 5.92 Å². The Morgan fingerprint density at radius 1 is 1.37 bits per heavy atom. The molecule has 4 heterocycles. The average molecular weight is 385 g/mol. The Bertz CT molecular complexity index is 985. The molecule has 1 aliphatic heterocycles. The highest BCUT2D eigenvalue weighted by atomic mass is 32.1. The molecule has 1 atom stereocenters. The van der Waals surface area contributed by atoms with Crippen molar-refractivity contribution in [2.75, 3.05) is 19.6 Å². The molecule has 1 fully saturated rings. The number of carbonyl (C=O) groups is 1. The van der Waals surface area contributed by atoms with Gasteiger partial charge in [-0.2, -0.15) is 0 Å². The van der Waals surface area contributed by atoms with E-state index in [9.17, 15) is 4.79 Å². The molecular formula is C20H24N4O2S. The third-order valence-corrected chi connectivity index (χ3v) is 6.09. The van der Waals surface area contributed by atoms with E-state index < -0.39 is 0 Å². The minimum absolute atomic E-state index is 0.0925. The van der Waals surface area contributed by atoms with Crippen molar-refractivity contribution in [2.45, 2.75) is 33.6 Å². The number of fused-ring (bicyclic) bond motifs is 1. The number of aryl methyl sites for hydroxylation is 3. The summed E-state index contributed by atoms with van der Waals surface area (Å²) in [7, 11) is 0. The number of rotatable bonds is 4. The maximum absolute atomic E-state index is 13.0. The number of nitrogens with zero attached hydrogens (tertiary/aromatic N) is 2. The Morgan fingerprint density at radius 2 is 2.22 bits per heavy atom. The summed E-state index contributed by atoms with van der Waals surface area (Å²) >= 11 is 1.72. The lowest BCUT2D eigenvalue weighted by molar-refractivity contribution is 0.0946. The summed E-state index contributed by atoms with van der Waals surface area (Å²) in [5, 5.41) is 11.2. The van der Waals surface area contributed by atoms with Crippen molar-refractivity contribution in [1.82, 2.24) is 20.8 Å². The highest BCUT2D eigenvalue weighted by Crippen LogP contribution is 2.32. The SMILES string of the molecule is Cc1cc(-c2cc(C(=O)NCC3CCCNC3)c3c(C)noc3n2)c(C)s1. The number of aromatic nitrogens is 2. The van der Waals surface area contributed by atoms with Crippen molar-refractivity contribution >= 4 is 28.3 Å². The van der Waals surface area contributed by atoms with Gasteiger partial charge < -0.3 is 15.2 Å². The van der Waals surface area contributed by atoms with Gasteiger partial charge in [-0.25, -0.2) is 4.98 Å². The molecule has 1 saturated heterocycles. The average Bonchev–Trinajstić information content (AvgIpc) is 3.21. The van der Waals surface area contributed by atoms with Crippen molar-refractivity contribution in [3.05, 3.63) is 33.1 Å². The minimum atomic E-state index is -0.0925. The largest absolute Gasteiger partial charge is 0.352 e. The van der Waals surface area contributed by atoms with E-state index in [0.29, 0.717) is 34.8 Å². The fraction of sp³-hybridized carbons (Fsp3) is 0.450. The number of piperidine rings is 1. The topological polar surface area (TPSA) is 80.0 Å². The van der Waals surface area contributed by atoms with Gasteiger partial charge in [-0.15, -0.1) is 11.3 Å². The Kier molecular flexibility index (Phi) is 4.97. The first-order chi connectivity index (χ1) is 13.0. The van der Waals surface area contributed by atoms with E-state index in [1.807, 2.05) is 13.0 Å². The van der Waals surface area contributed by atoms with Gasteiger partial charge in [0.2, 0.25) is 0 Å². The van der Waals surface area contributed by atoms with Gasteiger partial charge in [0.1, 0.15) is 0 Å². The van der Waals surface area contributed by atoms with Crippen molar-refractivity contribution in [3.63, 3.8) is 0 Å². The lowest BCUT2D eigenvalue weighted by Gasteiger charge is -2.22. The lowest BCUT2D eigenvalue weighted by Crippen LogP contribution is -2.38. The fourth-order valence-electron chi connectivity index (χ4n) is 3.73. The number of thiophene rings is 1. The first kappa shape index (κ1) is 18.1. The molecule has 0 radical (unpaired) electrons. The molecule has 1 unspecified atom stereocenters. The third kappa shape index (κ3) is 3.61. The van der Waals surface area contributed by atoms with Gasteiger partial charge in [0, 0.05) is 21.9 Å². The van der Waals surface area contributed by atoms with Crippen LogP contribution in [0.4, 0.5) is 0 Å². The maximum Gasteiger partial charge on any atom is 0.259 e. The molecule has 1 aliphatic rings. The summed E-state index contributed by atoms with van der Waals surface area (Å²) in [5.41, 5.74) is 3.48. The fourth-order valence-corrected chi connectivity index (χ4v) is 4.66. The summed E-state index contributed by atoms with van der Waals surface area (Å²) < 4.78 is 5.40. The van der Waals surface area contributed by atoms with Crippen LogP contribution in [-0.2, 0) is 0 Å². The van der Waals surface area contributed by atoms with Gasteiger partial charge in [0.15, 0.2) is 0 Å². The highest BCUT2D eigenvalue weighted by Gasteiger charge is 2.21. The van der Waals surface area contributed by atoms with Crippen molar-refractivity contribution < 1.29 is 9.32 Å². The first-order valence-electron chi connectivity index (χ1n) is 9.36. The summed E-state index contributed by atoms with van der Waals surface area (Å²) in [5.74, 6) is 0.384. The molecular weight excluding hydrogens is 360 g/mol. The highest BCUT2D eigenvalue weighted by molar-refractivity contribution is 7.12. The maximum atomic E-state index is 13.0. The molecule has 0 aliphatic carbocycles. The van der Waals surface area contributed by atoms with Crippen LogP contribution in [0.25, 0.3) is 22.4 Å². The van der Waals surface area contributed by atoms with Crippen LogP contribution in [0.15, 0.2) is 16.7 Å².